The molecule has 16 heavy (non-hydrogen) atoms. The van der Waals surface area contributed by atoms with Gasteiger partial charge in [0.15, 0.2) is 0 Å². The summed E-state index contributed by atoms with van der Waals surface area (Å²) in [7, 11) is 0. The molecule has 0 saturated carbocycles. The highest BCUT2D eigenvalue weighted by molar-refractivity contribution is 9.09. The summed E-state index contributed by atoms with van der Waals surface area (Å²) >= 11 is 3.12. The van der Waals surface area contributed by atoms with Crippen molar-refractivity contribution in [3.63, 3.8) is 0 Å². The minimum Gasteiger partial charge on any atom is -0.298 e. The van der Waals surface area contributed by atoms with Gasteiger partial charge in [-0.05, 0) is 23.8 Å². The van der Waals surface area contributed by atoms with Crippen molar-refractivity contribution in [1.29, 1.82) is 0 Å². The van der Waals surface area contributed by atoms with Crippen LogP contribution in [0.3, 0.4) is 0 Å². The van der Waals surface area contributed by atoms with Crippen molar-refractivity contribution >= 4 is 28.3 Å². The predicted molar refractivity (Wildman–Crippen MR) is 59.7 cm³/mol. The Morgan fingerprint density at radius 1 is 1.19 bits per heavy atom. The van der Waals surface area contributed by atoms with Crippen molar-refractivity contribution in [2.75, 3.05) is 5.33 Å². The topological polar surface area (TPSA) is 17.1 Å². The van der Waals surface area contributed by atoms with Gasteiger partial charge in [0.05, 0.1) is 5.56 Å². The lowest BCUT2D eigenvalue weighted by Crippen LogP contribution is -2.06. The maximum absolute atomic E-state index is 12.5. The maximum Gasteiger partial charge on any atom is 0.416 e. The zero-order chi connectivity index (χ0) is 12.2. The number of carbonyl (C=O) groups excluding carboxylic acids is 1. The summed E-state index contributed by atoms with van der Waals surface area (Å²) in [5, 5.41) is 0.541. The second kappa shape index (κ2) is 5.30. The van der Waals surface area contributed by atoms with Crippen LogP contribution < -0.4 is 0 Å². The van der Waals surface area contributed by atoms with E-state index in [1.54, 1.807) is 6.08 Å². The monoisotopic (exact) mass is 292 g/mol. The van der Waals surface area contributed by atoms with Gasteiger partial charge in [-0.3, -0.25) is 4.79 Å². The van der Waals surface area contributed by atoms with Crippen LogP contribution in [0.4, 0.5) is 13.2 Å². The average molecular weight is 293 g/mol. The second-order valence-corrected chi connectivity index (χ2v) is 3.71. The lowest BCUT2D eigenvalue weighted by atomic mass is 10.1. The van der Waals surface area contributed by atoms with E-state index in [9.17, 15) is 18.0 Å². The van der Waals surface area contributed by atoms with Gasteiger partial charge in [0.2, 0.25) is 0 Å². The summed E-state index contributed by atoms with van der Waals surface area (Å²) < 4.78 is 37.4. The lowest BCUT2D eigenvalue weighted by molar-refractivity contribution is -0.137. The third-order valence-corrected chi connectivity index (χ3v) is 2.21. The van der Waals surface area contributed by atoms with Crippen LogP contribution in [0.25, 0.3) is 6.08 Å². The van der Waals surface area contributed by atoms with Gasteiger partial charge < -0.3 is 0 Å². The standard InChI is InChI=1S/C11H8BrF3O/c12-3-1-2-8-4-9(7-16)6-10(5-8)11(13,14)15/h1-2,4-7H,3H2. The highest BCUT2D eigenvalue weighted by Crippen LogP contribution is 2.30. The van der Waals surface area contributed by atoms with Crippen LogP contribution in [0, 0.1) is 0 Å². The summed E-state index contributed by atoms with van der Waals surface area (Å²) in [6, 6.07) is 3.24. The molecule has 5 heteroatoms. The van der Waals surface area contributed by atoms with Crippen molar-refractivity contribution in [2.24, 2.45) is 0 Å². The third-order valence-electron chi connectivity index (χ3n) is 1.84. The van der Waals surface area contributed by atoms with Crippen LogP contribution in [-0.4, -0.2) is 11.6 Å². The van der Waals surface area contributed by atoms with Gasteiger partial charge in [-0.15, -0.1) is 0 Å². The molecular formula is C11H8BrF3O. The fraction of sp³-hybridized carbons (Fsp3) is 0.182. The van der Waals surface area contributed by atoms with Crippen LogP contribution in [0.5, 0.6) is 0 Å². The molecule has 0 aliphatic rings. The summed E-state index contributed by atoms with van der Waals surface area (Å²) in [5.41, 5.74) is -0.438. The van der Waals surface area contributed by atoms with Crippen LogP contribution in [0.15, 0.2) is 24.3 Å². The van der Waals surface area contributed by atoms with Gasteiger partial charge in [0.25, 0.3) is 0 Å². The smallest absolute Gasteiger partial charge is 0.298 e. The molecule has 1 rings (SSSR count). The van der Waals surface area contributed by atoms with Crippen LogP contribution in [0.2, 0.25) is 0 Å². The molecule has 86 valence electrons. The Kier molecular flexibility index (Phi) is 4.29. The molecule has 0 radical (unpaired) electrons. The Bertz CT molecular complexity index is 410. The molecule has 1 aromatic rings. The Morgan fingerprint density at radius 2 is 1.81 bits per heavy atom. The van der Waals surface area contributed by atoms with Gasteiger partial charge in [0, 0.05) is 10.9 Å². The quantitative estimate of drug-likeness (QED) is 0.609. The average Bonchev–Trinajstić information content (AvgIpc) is 2.24. The van der Waals surface area contributed by atoms with E-state index in [4.69, 9.17) is 0 Å². The fourth-order valence-electron chi connectivity index (χ4n) is 1.19. The van der Waals surface area contributed by atoms with Gasteiger partial charge in [0.1, 0.15) is 6.29 Å². The van der Waals surface area contributed by atoms with E-state index in [0.717, 1.165) is 12.1 Å². The van der Waals surface area contributed by atoms with E-state index in [1.165, 1.54) is 12.1 Å². The first-order valence-corrected chi connectivity index (χ1v) is 5.49. The first kappa shape index (κ1) is 13.0. The van der Waals surface area contributed by atoms with Crippen molar-refractivity contribution in [1.82, 2.24) is 0 Å². The molecule has 0 amide bonds. The Morgan fingerprint density at radius 3 is 2.31 bits per heavy atom. The first-order chi connectivity index (χ1) is 7.47. The molecule has 1 aromatic carbocycles. The van der Waals surface area contributed by atoms with Crippen LogP contribution in [-0.2, 0) is 6.18 Å². The Hall–Kier alpha value is -1.10. The molecule has 0 bridgehead atoms. The molecule has 0 aromatic heterocycles. The van der Waals surface area contributed by atoms with E-state index in [-0.39, 0.29) is 5.56 Å². The molecule has 0 spiro atoms. The second-order valence-electron chi connectivity index (χ2n) is 3.06. The summed E-state index contributed by atoms with van der Waals surface area (Å²) in [4.78, 5) is 10.5. The number of rotatable bonds is 3. The minimum atomic E-state index is -4.43. The van der Waals surface area contributed by atoms with Crippen molar-refractivity contribution in [3.05, 3.63) is 41.0 Å². The largest absolute Gasteiger partial charge is 0.416 e. The van der Waals surface area contributed by atoms with E-state index >= 15 is 0 Å². The number of benzene rings is 1. The molecule has 0 N–H and O–H groups in total. The lowest BCUT2D eigenvalue weighted by Gasteiger charge is -2.08. The Labute approximate surface area is 99.1 Å². The SMILES string of the molecule is O=Cc1cc(C=CCBr)cc(C(F)(F)F)c1. The molecule has 0 unspecified atom stereocenters. The summed E-state index contributed by atoms with van der Waals surface area (Å²) in [5.74, 6) is 0. The van der Waals surface area contributed by atoms with Crippen LogP contribution >= 0.6 is 15.9 Å². The Balaban J connectivity index is 3.21. The molecule has 0 aliphatic heterocycles. The molecule has 0 fully saturated rings. The number of carbonyl (C=O) groups is 1. The van der Waals surface area contributed by atoms with Gasteiger partial charge >= 0.3 is 6.18 Å². The number of allylic oxidation sites excluding steroid dienone is 1. The molecule has 0 aliphatic carbocycles. The highest BCUT2D eigenvalue weighted by atomic mass is 79.9. The predicted octanol–water partition coefficient (Wildman–Crippen LogP) is 3.93. The number of halogens is 4. The summed E-state index contributed by atoms with van der Waals surface area (Å²) in [6.45, 7) is 0. The minimum absolute atomic E-state index is 0.0176. The third kappa shape index (κ3) is 3.48. The molecule has 0 saturated heterocycles. The highest BCUT2D eigenvalue weighted by Gasteiger charge is 2.30. The van der Waals surface area contributed by atoms with E-state index in [1.807, 2.05) is 0 Å². The normalized spacial score (nSPS) is 12.0. The summed E-state index contributed by atoms with van der Waals surface area (Å²) in [6.07, 6.45) is -0.849. The van der Waals surface area contributed by atoms with Gasteiger partial charge in [-0.1, -0.05) is 28.1 Å². The molecular weight excluding hydrogens is 285 g/mol. The maximum atomic E-state index is 12.5. The number of aldehydes is 1. The van der Waals surface area contributed by atoms with Crippen molar-refractivity contribution in [2.45, 2.75) is 6.18 Å². The van der Waals surface area contributed by atoms with E-state index in [0.29, 0.717) is 17.2 Å². The molecule has 1 nitrogen and oxygen atoms in total. The zero-order valence-electron chi connectivity index (χ0n) is 8.09. The van der Waals surface area contributed by atoms with Crippen molar-refractivity contribution < 1.29 is 18.0 Å². The van der Waals surface area contributed by atoms with E-state index < -0.39 is 11.7 Å². The zero-order valence-corrected chi connectivity index (χ0v) is 9.68. The van der Waals surface area contributed by atoms with Gasteiger partial charge in [-0.25, -0.2) is 0 Å². The molecule has 0 atom stereocenters. The number of hydrogen-bond donors (Lipinski definition) is 0. The molecule has 0 heterocycles. The van der Waals surface area contributed by atoms with Crippen LogP contribution in [0.1, 0.15) is 21.5 Å². The first-order valence-electron chi connectivity index (χ1n) is 4.37. The fourth-order valence-corrected chi connectivity index (χ4v) is 1.37. The van der Waals surface area contributed by atoms with E-state index in [2.05, 4.69) is 15.9 Å². The van der Waals surface area contributed by atoms with Crippen molar-refractivity contribution in [3.8, 4) is 0 Å². The number of hydrogen-bond acceptors (Lipinski definition) is 1. The number of alkyl halides is 4. The van der Waals surface area contributed by atoms with Gasteiger partial charge in [-0.2, -0.15) is 13.2 Å².